The Balaban J connectivity index is 2.88. The SMILES string of the molecule is CCN(CC)C(=O)C(C)Nc1c(Br)cc(C)cc1Br. The Bertz CT molecular complexity index is 436. The molecule has 1 rings (SSSR count). The highest BCUT2D eigenvalue weighted by Crippen LogP contribution is 2.32. The Hall–Kier alpha value is -0.550. The zero-order valence-electron chi connectivity index (χ0n) is 11.8. The number of anilines is 1. The summed E-state index contributed by atoms with van der Waals surface area (Å²) in [5, 5.41) is 3.27. The highest BCUT2D eigenvalue weighted by atomic mass is 79.9. The fourth-order valence-corrected chi connectivity index (χ4v) is 3.57. The van der Waals surface area contributed by atoms with E-state index in [-0.39, 0.29) is 11.9 Å². The number of likely N-dealkylation sites (N-methyl/N-ethyl adjacent to an activating group) is 1. The molecule has 0 radical (unpaired) electrons. The van der Waals surface area contributed by atoms with Crippen LogP contribution < -0.4 is 5.32 Å². The predicted molar refractivity (Wildman–Crippen MR) is 87.6 cm³/mol. The van der Waals surface area contributed by atoms with Crippen molar-refractivity contribution in [1.82, 2.24) is 4.90 Å². The van der Waals surface area contributed by atoms with E-state index in [4.69, 9.17) is 0 Å². The van der Waals surface area contributed by atoms with Crippen LogP contribution in [0.1, 0.15) is 26.3 Å². The van der Waals surface area contributed by atoms with Gasteiger partial charge >= 0.3 is 0 Å². The summed E-state index contributed by atoms with van der Waals surface area (Å²) >= 11 is 7.06. The molecule has 0 spiro atoms. The second kappa shape index (κ2) is 7.29. The second-order valence-corrected chi connectivity index (χ2v) is 6.19. The molecule has 1 aromatic carbocycles. The summed E-state index contributed by atoms with van der Waals surface area (Å²) in [4.78, 5) is 14.1. The summed E-state index contributed by atoms with van der Waals surface area (Å²) in [5.74, 6) is 0.115. The van der Waals surface area contributed by atoms with Gasteiger partial charge in [-0.3, -0.25) is 4.79 Å². The molecule has 1 atom stereocenters. The van der Waals surface area contributed by atoms with Crippen molar-refractivity contribution >= 4 is 43.5 Å². The van der Waals surface area contributed by atoms with E-state index in [9.17, 15) is 4.79 Å². The Labute approximate surface area is 132 Å². The third-order valence-corrected chi connectivity index (χ3v) is 4.24. The number of hydrogen-bond acceptors (Lipinski definition) is 2. The first-order valence-corrected chi connectivity index (χ1v) is 8.00. The molecule has 1 amide bonds. The van der Waals surface area contributed by atoms with Gasteiger partial charge in [0.05, 0.1) is 5.69 Å². The van der Waals surface area contributed by atoms with Gasteiger partial charge in [-0.05, 0) is 77.3 Å². The molecule has 0 bridgehead atoms. The van der Waals surface area contributed by atoms with Crippen LogP contribution in [-0.2, 0) is 4.79 Å². The molecular formula is C14H20Br2N2O. The minimum atomic E-state index is -0.254. The maximum absolute atomic E-state index is 12.2. The van der Waals surface area contributed by atoms with Gasteiger partial charge in [0, 0.05) is 22.0 Å². The lowest BCUT2D eigenvalue weighted by Gasteiger charge is -2.25. The fraction of sp³-hybridized carbons (Fsp3) is 0.500. The van der Waals surface area contributed by atoms with Crippen LogP contribution in [0.5, 0.6) is 0 Å². The molecule has 0 saturated heterocycles. The number of carbonyl (C=O) groups is 1. The first-order valence-electron chi connectivity index (χ1n) is 6.41. The molecule has 0 heterocycles. The molecule has 19 heavy (non-hydrogen) atoms. The molecule has 0 aliphatic rings. The van der Waals surface area contributed by atoms with Crippen molar-refractivity contribution in [2.45, 2.75) is 33.7 Å². The van der Waals surface area contributed by atoms with Crippen molar-refractivity contribution < 1.29 is 4.79 Å². The van der Waals surface area contributed by atoms with E-state index in [2.05, 4.69) is 37.2 Å². The number of carbonyl (C=O) groups excluding carboxylic acids is 1. The zero-order chi connectivity index (χ0) is 14.6. The van der Waals surface area contributed by atoms with Crippen LogP contribution in [-0.4, -0.2) is 29.9 Å². The van der Waals surface area contributed by atoms with Crippen molar-refractivity contribution in [3.05, 3.63) is 26.6 Å². The Morgan fingerprint density at radius 2 is 1.74 bits per heavy atom. The van der Waals surface area contributed by atoms with Gasteiger partial charge in [-0.1, -0.05) is 0 Å². The van der Waals surface area contributed by atoms with E-state index in [1.165, 1.54) is 0 Å². The van der Waals surface area contributed by atoms with Crippen molar-refractivity contribution in [3.8, 4) is 0 Å². The lowest BCUT2D eigenvalue weighted by atomic mass is 10.2. The predicted octanol–water partition coefficient (Wildman–Crippen LogP) is 4.19. The van der Waals surface area contributed by atoms with Crippen LogP contribution in [0.25, 0.3) is 0 Å². The smallest absolute Gasteiger partial charge is 0.244 e. The van der Waals surface area contributed by atoms with Crippen molar-refractivity contribution in [1.29, 1.82) is 0 Å². The van der Waals surface area contributed by atoms with Crippen molar-refractivity contribution in [2.75, 3.05) is 18.4 Å². The molecule has 0 fully saturated rings. The number of amides is 1. The summed E-state index contributed by atoms with van der Waals surface area (Å²) in [7, 11) is 0. The van der Waals surface area contributed by atoms with Crippen LogP contribution in [0.4, 0.5) is 5.69 Å². The third-order valence-electron chi connectivity index (χ3n) is 2.99. The number of halogens is 2. The van der Waals surface area contributed by atoms with Gasteiger partial charge in [0.25, 0.3) is 0 Å². The van der Waals surface area contributed by atoms with E-state index in [1.54, 1.807) is 0 Å². The number of benzene rings is 1. The molecule has 5 heteroatoms. The highest BCUT2D eigenvalue weighted by molar-refractivity contribution is 9.11. The molecule has 0 aliphatic heterocycles. The van der Waals surface area contributed by atoms with Gasteiger partial charge in [-0.25, -0.2) is 0 Å². The largest absolute Gasteiger partial charge is 0.372 e. The Morgan fingerprint density at radius 1 is 1.26 bits per heavy atom. The number of nitrogens with one attached hydrogen (secondary N) is 1. The normalized spacial score (nSPS) is 12.1. The summed E-state index contributed by atoms with van der Waals surface area (Å²) < 4.78 is 1.91. The maximum atomic E-state index is 12.2. The highest BCUT2D eigenvalue weighted by Gasteiger charge is 2.19. The number of nitrogens with zero attached hydrogens (tertiary/aromatic N) is 1. The lowest BCUT2D eigenvalue weighted by molar-refractivity contribution is -0.131. The van der Waals surface area contributed by atoms with Crippen molar-refractivity contribution in [2.24, 2.45) is 0 Å². The van der Waals surface area contributed by atoms with E-state index in [0.717, 1.165) is 33.3 Å². The van der Waals surface area contributed by atoms with Crippen LogP contribution >= 0.6 is 31.9 Å². The lowest BCUT2D eigenvalue weighted by Crippen LogP contribution is -2.41. The van der Waals surface area contributed by atoms with Crippen LogP contribution in [0.15, 0.2) is 21.1 Å². The summed E-state index contributed by atoms with van der Waals surface area (Å²) in [6.45, 7) is 9.37. The number of rotatable bonds is 5. The zero-order valence-corrected chi connectivity index (χ0v) is 14.9. The first-order chi connectivity index (χ1) is 8.90. The summed E-state index contributed by atoms with van der Waals surface area (Å²) in [6, 6.07) is 3.80. The van der Waals surface area contributed by atoms with Gasteiger partial charge < -0.3 is 10.2 Å². The maximum Gasteiger partial charge on any atom is 0.244 e. The molecule has 0 aliphatic carbocycles. The second-order valence-electron chi connectivity index (χ2n) is 4.48. The first kappa shape index (κ1) is 16.5. The summed E-state index contributed by atoms with van der Waals surface area (Å²) in [6.07, 6.45) is 0. The fourth-order valence-electron chi connectivity index (χ4n) is 1.93. The minimum absolute atomic E-state index is 0.115. The Morgan fingerprint density at radius 3 is 2.16 bits per heavy atom. The van der Waals surface area contributed by atoms with Crippen LogP contribution in [0, 0.1) is 6.92 Å². The molecule has 1 N–H and O–H groups in total. The standard InChI is InChI=1S/C14H20Br2N2O/c1-5-18(6-2)14(19)10(4)17-13-11(15)7-9(3)8-12(13)16/h7-8,10,17H,5-6H2,1-4H3. The molecule has 106 valence electrons. The monoisotopic (exact) mass is 390 g/mol. The Kier molecular flexibility index (Phi) is 6.33. The quantitative estimate of drug-likeness (QED) is 0.816. The molecule has 0 aromatic heterocycles. The molecular weight excluding hydrogens is 372 g/mol. The number of aryl methyl sites for hydroxylation is 1. The van der Waals surface area contributed by atoms with E-state index < -0.39 is 0 Å². The summed E-state index contributed by atoms with van der Waals surface area (Å²) in [5.41, 5.74) is 2.07. The van der Waals surface area contributed by atoms with Crippen LogP contribution in [0.3, 0.4) is 0 Å². The molecule has 3 nitrogen and oxygen atoms in total. The van der Waals surface area contributed by atoms with E-state index in [0.29, 0.717) is 0 Å². The van der Waals surface area contributed by atoms with Gasteiger partial charge in [0.15, 0.2) is 0 Å². The van der Waals surface area contributed by atoms with E-state index >= 15 is 0 Å². The average molecular weight is 392 g/mol. The van der Waals surface area contributed by atoms with Gasteiger partial charge in [0.2, 0.25) is 5.91 Å². The van der Waals surface area contributed by atoms with Gasteiger partial charge in [-0.2, -0.15) is 0 Å². The molecule has 1 aromatic rings. The molecule has 0 saturated carbocycles. The van der Waals surface area contributed by atoms with Crippen molar-refractivity contribution in [3.63, 3.8) is 0 Å². The number of hydrogen-bond donors (Lipinski definition) is 1. The van der Waals surface area contributed by atoms with Gasteiger partial charge in [-0.15, -0.1) is 0 Å². The van der Waals surface area contributed by atoms with Crippen LogP contribution in [0.2, 0.25) is 0 Å². The third kappa shape index (κ3) is 4.21. The van der Waals surface area contributed by atoms with Gasteiger partial charge in [0.1, 0.15) is 6.04 Å². The topological polar surface area (TPSA) is 32.3 Å². The average Bonchev–Trinajstić information content (AvgIpc) is 2.34. The van der Waals surface area contributed by atoms with E-state index in [1.807, 2.05) is 44.7 Å². The molecule has 1 unspecified atom stereocenters. The minimum Gasteiger partial charge on any atom is -0.372 e.